The Bertz CT molecular complexity index is 533. The van der Waals surface area contributed by atoms with Gasteiger partial charge >= 0.3 is 18.3 Å². The van der Waals surface area contributed by atoms with E-state index in [0.29, 0.717) is 6.54 Å². The number of hydrazine groups is 1. The van der Waals surface area contributed by atoms with Crippen LogP contribution in [0.2, 0.25) is 0 Å². The molecule has 2 rings (SSSR count). The van der Waals surface area contributed by atoms with Gasteiger partial charge in [0.15, 0.2) is 6.17 Å². The quantitative estimate of drug-likeness (QED) is 0.736. The Morgan fingerprint density at radius 1 is 1.17 bits per heavy atom. The maximum absolute atomic E-state index is 12.3. The Morgan fingerprint density at radius 2 is 1.74 bits per heavy atom. The topological polar surface area (TPSA) is 88.6 Å². The molecule has 2 aliphatic heterocycles. The van der Waals surface area contributed by atoms with E-state index in [4.69, 9.17) is 14.2 Å². The zero-order valence-corrected chi connectivity index (χ0v) is 13.6. The fourth-order valence-corrected chi connectivity index (χ4v) is 2.28. The van der Waals surface area contributed by atoms with Crippen LogP contribution < -0.4 is 0 Å². The minimum atomic E-state index is -0.823. The van der Waals surface area contributed by atoms with Crippen LogP contribution in [0.5, 0.6) is 0 Å². The molecule has 0 radical (unpaired) electrons. The second kappa shape index (κ2) is 6.35. The molecule has 2 saturated heterocycles. The van der Waals surface area contributed by atoms with Gasteiger partial charge < -0.3 is 14.2 Å². The molecule has 0 bridgehead atoms. The normalized spacial score (nSPS) is 20.8. The van der Waals surface area contributed by atoms with Crippen LogP contribution >= 0.6 is 0 Å². The smallest absolute Gasteiger partial charge is 0.433 e. The fourth-order valence-electron chi connectivity index (χ4n) is 2.28. The Labute approximate surface area is 134 Å². The zero-order valence-electron chi connectivity index (χ0n) is 13.6. The zero-order chi connectivity index (χ0) is 17.3. The molecule has 0 aromatic rings. The van der Waals surface area contributed by atoms with Gasteiger partial charge in [-0.1, -0.05) is 6.58 Å². The summed E-state index contributed by atoms with van der Waals surface area (Å²) in [5, 5.41) is 1.99. The number of rotatable bonds is 3. The summed E-state index contributed by atoms with van der Waals surface area (Å²) in [6.07, 6.45) is -3.67. The number of hydrogen-bond donors (Lipinski definition) is 0. The van der Waals surface area contributed by atoms with Crippen LogP contribution in [-0.4, -0.2) is 64.7 Å². The van der Waals surface area contributed by atoms with Crippen molar-refractivity contribution in [2.75, 3.05) is 13.2 Å². The van der Waals surface area contributed by atoms with Gasteiger partial charge in [0.25, 0.3) is 0 Å². The van der Waals surface area contributed by atoms with Gasteiger partial charge in [-0.15, -0.1) is 0 Å². The van der Waals surface area contributed by atoms with E-state index in [0.717, 1.165) is 10.0 Å². The molecule has 0 aliphatic carbocycles. The standard InChI is InChI=1S/C14H21N3O6/c1-8(2)22-13(19)16-10(5)11(15-6-7-21-12(15)18)17(16)14(20)23-9(3)4/h8-9,11H,5-7H2,1-4H3. The van der Waals surface area contributed by atoms with Gasteiger partial charge in [-0.3, -0.25) is 4.90 Å². The summed E-state index contributed by atoms with van der Waals surface area (Å²) >= 11 is 0. The molecule has 9 heteroatoms. The van der Waals surface area contributed by atoms with Crippen LogP contribution in [0, 0.1) is 0 Å². The first kappa shape index (κ1) is 16.9. The molecular weight excluding hydrogens is 306 g/mol. The molecule has 9 nitrogen and oxygen atoms in total. The monoisotopic (exact) mass is 327 g/mol. The lowest BCUT2D eigenvalue weighted by atomic mass is 10.2. The Balaban J connectivity index is 2.22. The Kier molecular flexibility index (Phi) is 4.67. The molecule has 0 aromatic carbocycles. The number of cyclic esters (lactones) is 1. The Hall–Kier alpha value is -2.45. The number of carbonyl (C=O) groups is 3. The van der Waals surface area contributed by atoms with E-state index < -0.39 is 24.4 Å². The number of ether oxygens (including phenoxy) is 3. The highest BCUT2D eigenvalue weighted by Gasteiger charge is 2.54. The minimum Gasteiger partial charge on any atom is -0.447 e. The molecule has 23 heavy (non-hydrogen) atoms. The van der Waals surface area contributed by atoms with Crippen LogP contribution in [0.4, 0.5) is 14.4 Å². The van der Waals surface area contributed by atoms with Crippen molar-refractivity contribution < 1.29 is 28.6 Å². The largest absolute Gasteiger partial charge is 0.447 e. The molecule has 1 unspecified atom stereocenters. The first-order valence-corrected chi connectivity index (χ1v) is 7.36. The van der Waals surface area contributed by atoms with Crippen LogP contribution in [0.1, 0.15) is 27.7 Å². The van der Waals surface area contributed by atoms with Crippen molar-refractivity contribution in [1.29, 1.82) is 0 Å². The van der Waals surface area contributed by atoms with Crippen molar-refractivity contribution in [2.45, 2.75) is 46.1 Å². The van der Waals surface area contributed by atoms with Gasteiger partial charge in [0.1, 0.15) is 6.61 Å². The molecule has 0 N–H and O–H groups in total. The highest BCUT2D eigenvalue weighted by Crippen LogP contribution is 2.35. The lowest BCUT2D eigenvalue weighted by Gasteiger charge is -2.52. The van der Waals surface area contributed by atoms with Crippen LogP contribution in [-0.2, 0) is 14.2 Å². The summed E-state index contributed by atoms with van der Waals surface area (Å²) in [7, 11) is 0. The summed E-state index contributed by atoms with van der Waals surface area (Å²) in [6.45, 7) is 11.0. The third-order valence-electron chi connectivity index (χ3n) is 3.14. The number of amides is 3. The van der Waals surface area contributed by atoms with Crippen LogP contribution in [0.3, 0.4) is 0 Å². The first-order chi connectivity index (χ1) is 10.7. The van der Waals surface area contributed by atoms with Crippen LogP contribution in [0.15, 0.2) is 12.3 Å². The third kappa shape index (κ3) is 3.17. The number of hydrogen-bond acceptors (Lipinski definition) is 6. The van der Waals surface area contributed by atoms with E-state index in [9.17, 15) is 14.4 Å². The van der Waals surface area contributed by atoms with Gasteiger partial charge in [-0.05, 0) is 27.7 Å². The lowest BCUT2D eigenvalue weighted by molar-refractivity contribution is -0.124. The molecule has 0 spiro atoms. The number of nitrogens with zero attached hydrogens (tertiary/aromatic N) is 3. The summed E-state index contributed by atoms with van der Waals surface area (Å²) in [5.74, 6) is 0. The second-order valence-corrected chi connectivity index (χ2v) is 5.69. The third-order valence-corrected chi connectivity index (χ3v) is 3.14. The van der Waals surface area contributed by atoms with Crippen molar-refractivity contribution in [1.82, 2.24) is 14.9 Å². The average molecular weight is 327 g/mol. The molecule has 2 fully saturated rings. The van der Waals surface area contributed by atoms with E-state index in [1.807, 2.05) is 0 Å². The average Bonchev–Trinajstić information content (AvgIpc) is 2.80. The second-order valence-electron chi connectivity index (χ2n) is 5.69. The molecule has 2 heterocycles. The molecule has 1 atom stereocenters. The Morgan fingerprint density at radius 3 is 2.22 bits per heavy atom. The van der Waals surface area contributed by atoms with Gasteiger partial charge in [-0.2, -0.15) is 10.0 Å². The van der Waals surface area contributed by atoms with Crippen molar-refractivity contribution in [3.8, 4) is 0 Å². The summed E-state index contributed by atoms with van der Waals surface area (Å²) < 4.78 is 15.1. The van der Waals surface area contributed by atoms with E-state index >= 15 is 0 Å². The predicted octanol–water partition coefficient (Wildman–Crippen LogP) is 1.90. The fraction of sp³-hybridized carbons (Fsp3) is 0.643. The van der Waals surface area contributed by atoms with Crippen molar-refractivity contribution in [3.63, 3.8) is 0 Å². The van der Waals surface area contributed by atoms with Gasteiger partial charge in [0, 0.05) is 0 Å². The van der Waals surface area contributed by atoms with Gasteiger partial charge in [0.2, 0.25) is 0 Å². The maximum atomic E-state index is 12.3. The highest BCUT2D eigenvalue weighted by atomic mass is 16.6. The molecule has 0 aromatic heterocycles. The molecule has 128 valence electrons. The van der Waals surface area contributed by atoms with Crippen molar-refractivity contribution in [2.24, 2.45) is 0 Å². The summed E-state index contributed by atoms with van der Waals surface area (Å²) in [4.78, 5) is 37.5. The lowest BCUT2D eigenvalue weighted by Crippen LogP contribution is -2.71. The SMILES string of the molecule is C=C1C(N2CCOC2=O)N(C(=O)OC(C)C)N1C(=O)OC(C)C. The number of carbonyl (C=O) groups excluding carboxylic acids is 3. The first-order valence-electron chi connectivity index (χ1n) is 7.36. The van der Waals surface area contributed by atoms with Gasteiger partial charge in [0.05, 0.1) is 24.4 Å². The maximum Gasteiger partial charge on any atom is 0.433 e. The minimum absolute atomic E-state index is 0.214. The molecular formula is C14H21N3O6. The summed E-state index contributed by atoms with van der Waals surface area (Å²) in [5.41, 5.74) is 0.246. The van der Waals surface area contributed by atoms with E-state index in [1.165, 1.54) is 4.90 Å². The van der Waals surface area contributed by atoms with E-state index in [2.05, 4.69) is 6.58 Å². The van der Waals surface area contributed by atoms with E-state index in [-0.39, 0.29) is 24.5 Å². The predicted molar refractivity (Wildman–Crippen MR) is 77.9 cm³/mol. The van der Waals surface area contributed by atoms with E-state index in [1.54, 1.807) is 27.7 Å². The van der Waals surface area contributed by atoms with Crippen molar-refractivity contribution in [3.05, 3.63) is 12.3 Å². The summed E-state index contributed by atoms with van der Waals surface area (Å²) in [6, 6.07) is 0. The molecule has 2 aliphatic rings. The van der Waals surface area contributed by atoms with Gasteiger partial charge in [-0.25, -0.2) is 14.4 Å². The van der Waals surface area contributed by atoms with Crippen LogP contribution in [0.25, 0.3) is 0 Å². The highest BCUT2D eigenvalue weighted by molar-refractivity contribution is 5.81. The molecule has 3 amide bonds. The van der Waals surface area contributed by atoms with Crippen molar-refractivity contribution >= 4 is 18.3 Å². The molecule has 0 saturated carbocycles.